The minimum absolute atomic E-state index is 0.157. The average Bonchev–Trinajstić information content (AvgIpc) is 2.84. The van der Waals surface area contributed by atoms with Gasteiger partial charge in [0.1, 0.15) is 18.1 Å². The molecule has 2 aromatic rings. The Hall–Kier alpha value is -2.34. The Bertz CT molecular complexity index is 653. The Labute approximate surface area is 122 Å². The number of aliphatic hydroxyl groups is 1. The molecule has 3 rings (SSSR count). The van der Waals surface area contributed by atoms with Crippen molar-refractivity contribution in [2.24, 2.45) is 0 Å². The van der Waals surface area contributed by atoms with Gasteiger partial charge in [0.15, 0.2) is 0 Å². The fraction of sp³-hybridized carbons (Fsp3) is 0.333. The first-order valence-electron chi connectivity index (χ1n) is 6.86. The van der Waals surface area contributed by atoms with E-state index < -0.39 is 6.04 Å². The van der Waals surface area contributed by atoms with Gasteiger partial charge in [0, 0.05) is 11.3 Å². The zero-order valence-electron chi connectivity index (χ0n) is 11.7. The Morgan fingerprint density at radius 3 is 3.05 bits per heavy atom. The first-order chi connectivity index (χ1) is 10.2. The average molecular weight is 287 g/mol. The summed E-state index contributed by atoms with van der Waals surface area (Å²) >= 11 is 0. The lowest BCUT2D eigenvalue weighted by Gasteiger charge is -2.27. The topological polar surface area (TPSA) is 78.5 Å². The van der Waals surface area contributed by atoms with E-state index in [4.69, 9.17) is 4.74 Å². The molecule has 6 nitrogen and oxygen atoms in total. The van der Waals surface area contributed by atoms with Gasteiger partial charge in [0.2, 0.25) is 0 Å². The number of nitrogens with zero attached hydrogens (tertiary/aromatic N) is 2. The number of carbonyl (C=O) groups is 1. The SMILES string of the molecule is Cc1cc(C(=O)N2CCOc3ccccc3C2CO)n[nH]1. The third-order valence-corrected chi connectivity index (χ3v) is 3.60. The second-order valence-electron chi connectivity index (χ2n) is 5.02. The summed E-state index contributed by atoms with van der Waals surface area (Å²) in [5.74, 6) is 0.503. The van der Waals surface area contributed by atoms with Crippen molar-refractivity contribution in [3.8, 4) is 5.75 Å². The van der Waals surface area contributed by atoms with Gasteiger partial charge in [-0.2, -0.15) is 5.10 Å². The monoisotopic (exact) mass is 287 g/mol. The summed E-state index contributed by atoms with van der Waals surface area (Å²) in [6.07, 6.45) is 0. The zero-order valence-corrected chi connectivity index (χ0v) is 11.7. The van der Waals surface area contributed by atoms with E-state index in [1.54, 1.807) is 11.0 Å². The molecule has 1 aromatic carbocycles. The number of benzene rings is 1. The largest absolute Gasteiger partial charge is 0.491 e. The summed E-state index contributed by atoms with van der Waals surface area (Å²) in [7, 11) is 0. The van der Waals surface area contributed by atoms with Gasteiger partial charge in [-0.25, -0.2) is 0 Å². The zero-order chi connectivity index (χ0) is 14.8. The Morgan fingerprint density at radius 1 is 1.52 bits per heavy atom. The molecule has 1 aliphatic rings. The number of aromatic amines is 1. The third kappa shape index (κ3) is 2.50. The highest BCUT2D eigenvalue weighted by atomic mass is 16.5. The molecule has 1 amide bonds. The number of H-pyrrole nitrogens is 1. The molecule has 0 fully saturated rings. The minimum atomic E-state index is -0.423. The molecule has 0 spiro atoms. The molecular weight excluding hydrogens is 270 g/mol. The number of hydrogen-bond acceptors (Lipinski definition) is 4. The summed E-state index contributed by atoms with van der Waals surface area (Å²) in [4.78, 5) is 14.2. The van der Waals surface area contributed by atoms with Crippen molar-refractivity contribution in [2.45, 2.75) is 13.0 Å². The number of rotatable bonds is 2. The van der Waals surface area contributed by atoms with E-state index >= 15 is 0 Å². The number of fused-ring (bicyclic) bond motifs is 1. The predicted molar refractivity (Wildman–Crippen MR) is 76.1 cm³/mol. The number of ether oxygens (including phenoxy) is 1. The lowest BCUT2D eigenvalue weighted by atomic mass is 10.0. The number of aliphatic hydroxyl groups excluding tert-OH is 1. The van der Waals surface area contributed by atoms with E-state index in [9.17, 15) is 9.90 Å². The third-order valence-electron chi connectivity index (χ3n) is 3.60. The summed E-state index contributed by atoms with van der Waals surface area (Å²) in [5.41, 5.74) is 1.99. The van der Waals surface area contributed by atoms with Gasteiger partial charge in [0.05, 0.1) is 19.2 Å². The van der Waals surface area contributed by atoms with Crippen molar-refractivity contribution in [3.63, 3.8) is 0 Å². The van der Waals surface area contributed by atoms with Gasteiger partial charge in [-0.1, -0.05) is 18.2 Å². The highest BCUT2D eigenvalue weighted by Crippen LogP contribution is 2.32. The predicted octanol–water partition coefficient (Wildman–Crippen LogP) is 1.29. The van der Waals surface area contributed by atoms with Crippen LogP contribution in [0.3, 0.4) is 0 Å². The van der Waals surface area contributed by atoms with Crippen LogP contribution in [0.2, 0.25) is 0 Å². The molecule has 1 atom stereocenters. The normalized spacial score (nSPS) is 17.8. The lowest BCUT2D eigenvalue weighted by molar-refractivity contribution is 0.0579. The van der Waals surface area contributed by atoms with Gasteiger partial charge >= 0.3 is 0 Å². The maximum Gasteiger partial charge on any atom is 0.275 e. The molecule has 0 bridgehead atoms. The maximum absolute atomic E-state index is 12.6. The van der Waals surface area contributed by atoms with Crippen molar-refractivity contribution >= 4 is 5.91 Å². The highest BCUT2D eigenvalue weighted by Gasteiger charge is 2.31. The van der Waals surface area contributed by atoms with Crippen LogP contribution in [0.25, 0.3) is 0 Å². The smallest absolute Gasteiger partial charge is 0.275 e. The number of amides is 1. The molecule has 0 aliphatic carbocycles. The number of aryl methyl sites for hydroxylation is 1. The summed E-state index contributed by atoms with van der Waals surface area (Å²) in [6, 6.07) is 8.75. The second kappa shape index (κ2) is 5.57. The Morgan fingerprint density at radius 2 is 2.33 bits per heavy atom. The van der Waals surface area contributed by atoms with E-state index in [0.29, 0.717) is 24.6 Å². The Kier molecular flexibility index (Phi) is 3.62. The van der Waals surface area contributed by atoms with Gasteiger partial charge in [-0.3, -0.25) is 9.89 Å². The minimum Gasteiger partial charge on any atom is -0.491 e. The number of nitrogens with one attached hydrogen (secondary N) is 1. The van der Waals surface area contributed by atoms with Crippen LogP contribution in [0.5, 0.6) is 5.75 Å². The molecule has 1 aliphatic heterocycles. The number of aromatic nitrogens is 2. The second-order valence-corrected chi connectivity index (χ2v) is 5.02. The van der Waals surface area contributed by atoms with Gasteiger partial charge in [-0.15, -0.1) is 0 Å². The van der Waals surface area contributed by atoms with Crippen molar-refractivity contribution in [2.75, 3.05) is 19.8 Å². The van der Waals surface area contributed by atoms with E-state index in [-0.39, 0.29) is 12.5 Å². The first kappa shape index (κ1) is 13.6. The molecule has 1 unspecified atom stereocenters. The van der Waals surface area contributed by atoms with Gasteiger partial charge in [-0.05, 0) is 19.1 Å². The molecular formula is C15H17N3O3. The molecule has 0 radical (unpaired) electrons. The standard InChI is InChI=1S/C15H17N3O3/c1-10-8-12(17-16-10)15(20)18-6-7-21-14-5-3-2-4-11(14)13(18)9-19/h2-5,8,13,19H,6-7,9H2,1H3,(H,16,17). The molecule has 6 heteroatoms. The van der Waals surface area contributed by atoms with Gasteiger partial charge in [0.25, 0.3) is 5.91 Å². The molecule has 0 saturated heterocycles. The van der Waals surface area contributed by atoms with Crippen LogP contribution in [0.4, 0.5) is 0 Å². The molecule has 2 N–H and O–H groups in total. The summed E-state index contributed by atoms with van der Waals surface area (Å²) in [5, 5.41) is 16.5. The highest BCUT2D eigenvalue weighted by molar-refractivity contribution is 5.92. The lowest BCUT2D eigenvalue weighted by Crippen LogP contribution is -2.38. The van der Waals surface area contributed by atoms with E-state index in [0.717, 1.165) is 11.3 Å². The van der Waals surface area contributed by atoms with Crippen LogP contribution in [0.15, 0.2) is 30.3 Å². The van der Waals surface area contributed by atoms with Crippen LogP contribution in [-0.4, -0.2) is 45.9 Å². The molecule has 1 aromatic heterocycles. The summed E-state index contributed by atoms with van der Waals surface area (Å²) < 4.78 is 5.67. The number of para-hydroxylation sites is 1. The fourth-order valence-electron chi connectivity index (χ4n) is 2.58. The van der Waals surface area contributed by atoms with Crippen LogP contribution in [0, 0.1) is 6.92 Å². The first-order valence-corrected chi connectivity index (χ1v) is 6.86. The molecule has 2 heterocycles. The van der Waals surface area contributed by atoms with Crippen molar-refractivity contribution in [1.82, 2.24) is 15.1 Å². The van der Waals surface area contributed by atoms with E-state index in [1.165, 1.54) is 0 Å². The maximum atomic E-state index is 12.6. The number of carbonyl (C=O) groups excluding carboxylic acids is 1. The molecule has 21 heavy (non-hydrogen) atoms. The van der Waals surface area contributed by atoms with E-state index in [1.807, 2.05) is 31.2 Å². The summed E-state index contributed by atoms with van der Waals surface area (Å²) in [6.45, 7) is 2.48. The van der Waals surface area contributed by atoms with Crippen LogP contribution >= 0.6 is 0 Å². The quantitative estimate of drug-likeness (QED) is 0.872. The van der Waals surface area contributed by atoms with Crippen LogP contribution in [-0.2, 0) is 0 Å². The fourth-order valence-corrected chi connectivity index (χ4v) is 2.58. The van der Waals surface area contributed by atoms with Crippen molar-refractivity contribution in [3.05, 3.63) is 47.3 Å². The van der Waals surface area contributed by atoms with E-state index in [2.05, 4.69) is 10.2 Å². The molecule has 0 saturated carbocycles. The van der Waals surface area contributed by atoms with Crippen molar-refractivity contribution in [1.29, 1.82) is 0 Å². The molecule has 110 valence electrons. The number of hydrogen-bond donors (Lipinski definition) is 2. The van der Waals surface area contributed by atoms with Crippen LogP contribution in [0.1, 0.15) is 27.8 Å². The van der Waals surface area contributed by atoms with Crippen molar-refractivity contribution < 1.29 is 14.6 Å². The Balaban J connectivity index is 1.96. The van der Waals surface area contributed by atoms with Gasteiger partial charge < -0.3 is 14.7 Å². The van der Waals surface area contributed by atoms with Crippen LogP contribution < -0.4 is 4.74 Å².